The van der Waals surface area contributed by atoms with Crippen molar-refractivity contribution in [2.75, 3.05) is 19.8 Å². The van der Waals surface area contributed by atoms with Crippen molar-refractivity contribution < 1.29 is 47.5 Å². The number of aliphatic carboxylic acids is 1. The highest BCUT2D eigenvalue weighted by molar-refractivity contribution is 7.47. The first kappa shape index (κ1) is 51.5. The minimum absolute atomic E-state index is 0.168. The molecule has 0 aliphatic heterocycles. The Bertz CT molecular complexity index is 921. The molecule has 0 heterocycles. The molecular weight excluding hydrogens is 697 g/mol. The minimum atomic E-state index is -4.70. The van der Waals surface area contributed by atoms with E-state index in [9.17, 15) is 23.8 Å². The van der Waals surface area contributed by atoms with Crippen LogP contribution in [0.5, 0.6) is 0 Å². The number of rotatable bonds is 41. The number of phosphoric ester groups is 1. The van der Waals surface area contributed by atoms with Gasteiger partial charge in [-0.25, -0.2) is 4.57 Å². The summed E-state index contributed by atoms with van der Waals surface area (Å²) in [6.07, 6.45) is 34.6. The van der Waals surface area contributed by atoms with Gasteiger partial charge in [0.15, 0.2) is 6.10 Å². The lowest BCUT2D eigenvalue weighted by molar-refractivity contribution is -0.161. The predicted molar refractivity (Wildman–Crippen MR) is 213 cm³/mol. The molecule has 0 aliphatic carbocycles. The van der Waals surface area contributed by atoms with Crippen LogP contribution < -0.4 is 5.73 Å². The zero-order valence-corrected chi connectivity index (χ0v) is 34.8. The number of carbonyl (C=O) groups excluding carboxylic acids is 2. The number of ether oxygens (including phenoxy) is 2. The van der Waals surface area contributed by atoms with Gasteiger partial charge in [-0.15, -0.1) is 0 Å². The van der Waals surface area contributed by atoms with E-state index in [2.05, 4.69) is 18.4 Å². The minimum Gasteiger partial charge on any atom is -0.480 e. The van der Waals surface area contributed by atoms with Crippen molar-refractivity contribution in [2.45, 2.75) is 225 Å². The number of carboxylic acid groups (broad SMARTS) is 1. The molecule has 314 valence electrons. The quantitative estimate of drug-likeness (QED) is 0.0306. The average molecular weight is 778 g/mol. The summed E-state index contributed by atoms with van der Waals surface area (Å²) in [5.74, 6) is -2.36. The van der Waals surface area contributed by atoms with Gasteiger partial charge in [-0.1, -0.05) is 187 Å². The average Bonchev–Trinajstić information content (AvgIpc) is 3.13. The van der Waals surface area contributed by atoms with E-state index in [0.717, 1.165) is 38.5 Å². The first-order valence-electron chi connectivity index (χ1n) is 21.6. The second-order valence-electron chi connectivity index (χ2n) is 14.8. The zero-order chi connectivity index (χ0) is 39.3. The molecule has 53 heavy (non-hydrogen) atoms. The van der Waals surface area contributed by atoms with Gasteiger partial charge in [0, 0.05) is 12.8 Å². The molecule has 0 spiro atoms. The van der Waals surface area contributed by atoms with Crippen molar-refractivity contribution in [3.05, 3.63) is 0 Å². The highest BCUT2D eigenvalue weighted by Crippen LogP contribution is 2.43. The maximum Gasteiger partial charge on any atom is 0.472 e. The molecule has 0 saturated carbocycles. The van der Waals surface area contributed by atoms with Gasteiger partial charge in [0.2, 0.25) is 0 Å². The molecule has 0 aliphatic rings. The maximum atomic E-state index is 12.6. The van der Waals surface area contributed by atoms with Gasteiger partial charge in [0.05, 0.1) is 13.2 Å². The van der Waals surface area contributed by atoms with E-state index in [-0.39, 0.29) is 19.4 Å². The number of carboxylic acids is 1. The standard InChI is InChI=1S/C41H80NO10P/c1-3-5-7-9-11-13-15-16-17-18-19-20-21-23-24-26-28-30-32-39(43)49-34-37(35-50-53(47,48)51-36-38(42)41(45)46)52-40(44)33-31-29-27-25-22-14-12-10-8-6-4-2/h37-38H,3-36,42H2,1-2H3,(H,45,46)(H,47,48)/t37-,38+/m0/s1. The molecule has 0 bridgehead atoms. The third-order valence-electron chi connectivity index (χ3n) is 9.61. The van der Waals surface area contributed by atoms with E-state index < -0.39 is 51.1 Å². The largest absolute Gasteiger partial charge is 0.480 e. The SMILES string of the molecule is CCCCCCCCCCCCCCCCCCCCC(=O)OC[C@@H](COP(=O)(O)OC[C@@H](N)C(=O)O)OC(=O)CCCCCCCCCCCCC. The van der Waals surface area contributed by atoms with Gasteiger partial charge in [0.25, 0.3) is 0 Å². The van der Waals surface area contributed by atoms with Crippen LogP contribution in [0.15, 0.2) is 0 Å². The van der Waals surface area contributed by atoms with Crippen LogP contribution in [0.3, 0.4) is 0 Å². The number of hydrogen-bond acceptors (Lipinski definition) is 9. The number of carbonyl (C=O) groups is 3. The summed E-state index contributed by atoms with van der Waals surface area (Å²) in [5.41, 5.74) is 5.32. The number of phosphoric acid groups is 1. The summed E-state index contributed by atoms with van der Waals surface area (Å²) in [7, 11) is -4.70. The molecule has 3 atom stereocenters. The van der Waals surface area contributed by atoms with Crippen LogP contribution in [0.2, 0.25) is 0 Å². The molecule has 12 heteroatoms. The summed E-state index contributed by atoms with van der Waals surface area (Å²) < 4.78 is 32.6. The van der Waals surface area contributed by atoms with Crippen LogP contribution in [-0.4, -0.2) is 59.9 Å². The predicted octanol–water partition coefficient (Wildman–Crippen LogP) is 11.1. The van der Waals surface area contributed by atoms with Gasteiger partial charge in [0.1, 0.15) is 12.6 Å². The third-order valence-corrected chi connectivity index (χ3v) is 10.6. The summed E-state index contributed by atoms with van der Waals surface area (Å²) in [6.45, 7) is 2.82. The van der Waals surface area contributed by atoms with Crippen LogP contribution in [-0.2, 0) is 37.5 Å². The fourth-order valence-electron chi connectivity index (χ4n) is 6.18. The molecular formula is C41H80NO10P. The van der Waals surface area contributed by atoms with Gasteiger partial charge >= 0.3 is 25.7 Å². The van der Waals surface area contributed by atoms with E-state index in [1.54, 1.807) is 0 Å². The third kappa shape index (κ3) is 37.2. The second-order valence-corrected chi connectivity index (χ2v) is 16.3. The summed E-state index contributed by atoms with van der Waals surface area (Å²) in [5, 5.41) is 8.87. The fraction of sp³-hybridized carbons (Fsp3) is 0.927. The molecule has 0 amide bonds. The number of esters is 2. The van der Waals surface area contributed by atoms with Crippen molar-refractivity contribution in [1.29, 1.82) is 0 Å². The zero-order valence-electron chi connectivity index (χ0n) is 33.9. The van der Waals surface area contributed by atoms with E-state index in [1.807, 2.05) is 0 Å². The molecule has 0 aromatic heterocycles. The van der Waals surface area contributed by atoms with E-state index in [1.165, 1.54) is 135 Å². The molecule has 0 rings (SSSR count). The van der Waals surface area contributed by atoms with Crippen LogP contribution in [0.25, 0.3) is 0 Å². The van der Waals surface area contributed by atoms with E-state index in [0.29, 0.717) is 12.8 Å². The fourth-order valence-corrected chi connectivity index (χ4v) is 6.96. The van der Waals surface area contributed by atoms with Gasteiger partial charge in [-0.3, -0.25) is 23.4 Å². The lowest BCUT2D eigenvalue weighted by Crippen LogP contribution is -2.34. The smallest absolute Gasteiger partial charge is 0.472 e. The molecule has 11 nitrogen and oxygen atoms in total. The molecule has 0 aromatic rings. The summed E-state index contributed by atoms with van der Waals surface area (Å²) in [4.78, 5) is 45.8. The normalized spacial score (nSPS) is 13.7. The second kappa shape index (κ2) is 37.4. The highest BCUT2D eigenvalue weighted by Gasteiger charge is 2.28. The first-order chi connectivity index (χ1) is 25.6. The van der Waals surface area contributed by atoms with Crippen LogP contribution in [0.4, 0.5) is 0 Å². The van der Waals surface area contributed by atoms with Crippen molar-refractivity contribution >= 4 is 25.7 Å². The summed E-state index contributed by atoms with van der Waals surface area (Å²) >= 11 is 0. The lowest BCUT2D eigenvalue weighted by Gasteiger charge is -2.20. The maximum absolute atomic E-state index is 12.6. The van der Waals surface area contributed by atoms with E-state index in [4.69, 9.17) is 24.8 Å². The Kier molecular flexibility index (Phi) is 36.3. The van der Waals surface area contributed by atoms with Gasteiger partial charge < -0.3 is 25.2 Å². The molecule has 1 unspecified atom stereocenters. The lowest BCUT2D eigenvalue weighted by atomic mass is 10.0. The number of hydrogen-bond donors (Lipinski definition) is 3. The Hall–Kier alpha value is -1.52. The molecule has 0 fully saturated rings. The first-order valence-corrected chi connectivity index (χ1v) is 23.1. The van der Waals surface area contributed by atoms with Gasteiger partial charge in [-0.2, -0.15) is 0 Å². The Balaban J connectivity index is 4.26. The Morgan fingerprint density at radius 2 is 0.830 bits per heavy atom. The molecule has 0 saturated heterocycles. The summed E-state index contributed by atoms with van der Waals surface area (Å²) in [6, 6.07) is -1.52. The van der Waals surface area contributed by atoms with Crippen LogP contribution in [0, 0.1) is 0 Å². The Morgan fingerprint density at radius 1 is 0.509 bits per heavy atom. The van der Waals surface area contributed by atoms with Crippen LogP contribution >= 0.6 is 7.82 Å². The van der Waals surface area contributed by atoms with Crippen molar-refractivity contribution in [1.82, 2.24) is 0 Å². The van der Waals surface area contributed by atoms with Crippen LogP contribution in [0.1, 0.15) is 213 Å². The van der Waals surface area contributed by atoms with Crippen molar-refractivity contribution in [3.63, 3.8) is 0 Å². The topological polar surface area (TPSA) is 172 Å². The van der Waals surface area contributed by atoms with Gasteiger partial charge in [-0.05, 0) is 12.8 Å². The van der Waals surface area contributed by atoms with Crippen molar-refractivity contribution in [2.24, 2.45) is 5.73 Å². The Labute approximate surface area is 323 Å². The number of nitrogens with two attached hydrogens (primary N) is 1. The number of unbranched alkanes of at least 4 members (excludes halogenated alkanes) is 27. The highest BCUT2D eigenvalue weighted by atomic mass is 31.2. The molecule has 4 N–H and O–H groups in total. The molecule has 0 aromatic carbocycles. The molecule has 0 radical (unpaired) electrons. The monoisotopic (exact) mass is 778 g/mol. The Morgan fingerprint density at radius 3 is 1.19 bits per heavy atom. The van der Waals surface area contributed by atoms with E-state index >= 15 is 0 Å². The van der Waals surface area contributed by atoms with Crippen molar-refractivity contribution in [3.8, 4) is 0 Å².